The highest BCUT2D eigenvalue weighted by atomic mass is 127. The van der Waals surface area contributed by atoms with Gasteiger partial charge in [-0.25, -0.2) is 0 Å². The summed E-state index contributed by atoms with van der Waals surface area (Å²) < 4.78 is 25.7. The zero-order chi connectivity index (χ0) is 29.6. The average Bonchev–Trinajstić information content (AvgIpc) is 3.63. The van der Waals surface area contributed by atoms with E-state index < -0.39 is 31.8 Å². The molecule has 3 heterocycles. The summed E-state index contributed by atoms with van der Waals surface area (Å²) in [6.45, 7) is 6.25. The number of ether oxygens (including phenoxy) is 1. The largest absolute Gasteiger partial charge is 0.382 e. The summed E-state index contributed by atoms with van der Waals surface area (Å²) in [4.78, 5) is 16.3. The van der Waals surface area contributed by atoms with Gasteiger partial charge in [0.25, 0.3) is 5.91 Å². The van der Waals surface area contributed by atoms with Crippen molar-refractivity contribution in [2.75, 3.05) is 4.90 Å². The Morgan fingerprint density at radius 1 is 1.10 bits per heavy atom. The molecule has 1 N–H and O–H groups in total. The summed E-state index contributed by atoms with van der Waals surface area (Å²) in [5.41, 5.74) is 2.19. The predicted octanol–water partition coefficient (Wildman–Crippen LogP) is 6.38. The summed E-state index contributed by atoms with van der Waals surface area (Å²) in [6, 6.07) is 25.2. The molecule has 3 aromatic carbocycles. The molecule has 1 aromatic heterocycles. The van der Waals surface area contributed by atoms with Crippen LogP contribution in [0.25, 0.3) is 0 Å². The highest BCUT2D eigenvalue weighted by Crippen LogP contribution is 2.60. The van der Waals surface area contributed by atoms with Crippen LogP contribution in [0.15, 0.2) is 85.1 Å². The Labute approximate surface area is 260 Å². The van der Waals surface area contributed by atoms with Gasteiger partial charge in [-0.15, -0.1) is 5.10 Å². The minimum Gasteiger partial charge on any atom is -0.382 e. The number of carbonyl (C=O) groups excluding carboxylic acids is 1. The number of carbonyl (C=O) groups is 1. The normalized spacial score (nSPS) is 24.4. The van der Waals surface area contributed by atoms with E-state index in [9.17, 15) is 9.90 Å². The van der Waals surface area contributed by atoms with Gasteiger partial charge in [-0.05, 0) is 71.4 Å². The molecule has 5 atom stereocenters. The fourth-order valence-corrected chi connectivity index (χ4v) is 9.86. The van der Waals surface area contributed by atoms with Crippen molar-refractivity contribution in [1.82, 2.24) is 15.0 Å². The number of hydrogen-bond donors (Lipinski definition) is 1. The number of aryl methyl sites for hydroxylation is 1. The molecule has 0 unspecified atom stereocenters. The van der Waals surface area contributed by atoms with Crippen molar-refractivity contribution in [3.63, 3.8) is 0 Å². The number of aliphatic hydroxyl groups is 1. The van der Waals surface area contributed by atoms with Gasteiger partial charge in [-0.1, -0.05) is 72.8 Å². The van der Waals surface area contributed by atoms with Gasteiger partial charge in [0.2, 0.25) is 8.41 Å². The highest BCUT2D eigenvalue weighted by molar-refractivity contribution is 14.1. The van der Waals surface area contributed by atoms with Gasteiger partial charge in [0.1, 0.15) is 11.8 Å². The van der Waals surface area contributed by atoms with Crippen molar-refractivity contribution in [1.29, 1.82) is 0 Å². The van der Waals surface area contributed by atoms with Crippen molar-refractivity contribution in [2.24, 2.45) is 5.92 Å². The van der Waals surface area contributed by atoms with E-state index in [0.29, 0.717) is 25.2 Å². The number of fused-ring (bicyclic) bond motifs is 2. The smallest absolute Gasteiger partial charge is 0.264 e. The third-order valence-electron chi connectivity index (χ3n) is 8.70. The van der Waals surface area contributed by atoms with Gasteiger partial charge in [0.15, 0.2) is 5.60 Å². The maximum atomic E-state index is 16.1. The highest BCUT2D eigenvalue weighted by Gasteiger charge is 2.66. The standard InChI is InChI=1S/C32H34FIN4O3Si/c1-21-30(42(2,3)33)28(16-17-37-20-26(35-36-37)29(39)23-12-8-5-9-13-23)41-32(21)25-18-24(34)14-15-27(25)38(31(32)40)19-22-10-6-4-7-11-22/h4-15,18,20-21,28-30,39H,16-17,19H2,1-3H3/t21-,28+,29+,30-,32+/m0/s1. The van der Waals surface area contributed by atoms with Crippen molar-refractivity contribution in [3.8, 4) is 0 Å². The van der Waals surface area contributed by atoms with E-state index in [-0.39, 0.29) is 11.8 Å². The van der Waals surface area contributed by atoms with E-state index in [1.807, 2.05) is 85.8 Å². The van der Waals surface area contributed by atoms with Crippen molar-refractivity contribution in [2.45, 2.75) is 62.9 Å². The van der Waals surface area contributed by atoms with Gasteiger partial charge in [-0.2, -0.15) is 0 Å². The Hall–Kier alpha value is -2.93. The number of benzene rings is 3. The lowest BCUT2D eigenvalue weighted by molar-refractivity contribution is -0.146. The lowest BCUT2D eigenvalue weighted by atomic mass is 9.82. The predicted molar refractivity (Wildman–Crippen MR) is 170 cm³/mol. The van der Waals surface area contributed by atoms with Crippen LogP contribution in [-0.4, -0.2) is 40.5 Å². The van der Waals surface area contributed by atoms with Crippen LogP contribution in [0.1, 0.15) is 41.8 Å². The molecule has 218 valence electrons. The maximum Gasteiger partial charge on any atom is 0.264 e. The molecule has 10 heteroatoms. The zero-order valence-electron chi connectivity index (χ0n) is 23.8. The first-order valence-electron chi connectivity index (χ1n) is 14.3. The third-order valence-corrected chi connectivity index (χ3v) is 11.8. The molecular weight excluding hydrogens is 662 g/mol. The fourth-order valence-electron chi connectivity index (χ4n) is 6.83. The lowest BCUT2D eigenvalue weighted by Gasteiger charge is -2.31. The van der Waals surface area contributed by atoms with Gasteiger partial charge >= 0.3 is 0 Å². The second kappa shape index (κ2) is 11.3. The molecule has 1 spiro atoms. The molecule has 1 fully saturated rings. The number of aromatic nitrogens is 3. The van der Waals surface area contributed by atoms with Crippen molar-refractivity contribution in [3.05, 3.63) is 111 Å². The molecule has 6 rings (SSSR count). The van der Waals surface area contributed by atoms with Crippen LogP contribution in [0.5, 0.6) is 0 Å². The monoisotopic (exact) mass is 696 g/mol. The maximum absolute atomic E-state index is 16.1. The third kappa shape index (κ3) is 5.12. The molecule has 1 amide bonds. The number of nitrogens with zero attached hydrogens (tertiary/aromatic N) is 4. The Bertz CT molecular complexity index is 1580. The Morgan fingerprint density at radius 3 is 2.48 bits per heavy atom. The van der Waals surface area contributed by atoms with Gasteiger partial charge < -0.3 is 18.9 Å². The summed E-state index contributed by atoms with van der Waals surface area (Å²) >= 11 is 2.26. The first kappa shape index (κ1) is 29.2. The van der Waals surface area contributed by atoms with E-state index in [1.165, 1.54) is 0 Å². The zero-order valence-corrected chi connectivity index (χ0v) is 27.0. The number of halogens is 2. The molecule has 7 nitrogen and oxygen atoms in total. The van der Waals surface area contributed by atoms with Gasteiger partial charge in [0.05, 0.1) is 24.5 Å². The van der Waals surface area contributed by atoms with Crippen LogP contribution in [0, 0.1) is 9.49 Å². The molecule has 0 saturated carbocycles. The summed E-state index contributed by atoms with van der Waals surface area (Å²) in [6.07, 6.45) is 0.817. The molecule has 0 radical (unpaired) electrons. The Kier molecular flexibility index (Phi) is 7.84. The molecule has 2 aliphatic rings. The second-order valence-corrected chi connectivity index (χ2v) is 16.9. The average molecular weight is 697 g/mol. The number of rotatable bonds is 8. The van der Waals surface area contributed by atoms with Crippen LogP contribution in [0.3, 0.4) is 0 Å². The number of amides is 1. The van der Waals surface area contributed by atoms with Crippen LogP contribution < -0.4 is 4.90 Å². The van der Waals surface area contributed by atoms with E-state index in [2.05, 4.69) is 32.9 Å². The fraction of sp³-hybridized carbons (Fsp3) is 0.344. The summed E-state index contributed by atoms with van der Waals surface area (Å²) in [7, 11) is -3.28. The first-order valence-corrected chi connectivity index (χ1v) is 18.3. The number of hydrogen-bond acceptors (Lipinski definition) is 5. The molecule has 4 aromatic rings. The van der Waals surface area contributed by atoms with Crippen LogP contribution >= 0.6 is 22.6 Å². The summed E-state index contributed by atoms with van der Waals surface area (Å²) in [5, 5.41) is 19.2. The van der Waals surface area contributed by atoms with Crippen molar-refractivity contribution < 1.29 is 18.7 Å². The lowest BCUT2D eigenvalue weighted by Crippen LogP contribution is -2.45. The van der Waals surface area contributed by atoms with Gasteiger partial charge in [0, 0.05) is 27.1 Å². The Balaban J connectivity index is 1.30. The quantitative estimate of drug-likeness (QED) is 0.132. The van der Waals surface area contributed by atoms with Crippen LogP contribution in [-0.2, 0) is 28.2 Å². The van der Waals surface area contributed by atoms with E-state index >= 15 is 4.11 Å². The van der Waals surface area contributed by atoms with Crippen LogP contribution in [0.2, 0.25) is 18.6 Å². The first-order chi connectivity index (χ1) is 20.1. The number of anilines is 1. The van der Waals surface area contributed by atoms with E-state index in [4.69, 9.17) is 4.74 Å². The number of aliphatic hydroxyl groups excluding tert-OH is 1. The molecular formula is C32H34FIN4O3Si. The van der Waals surface area contributed by atoms with E-state index in [0.717, 1.165) is 25.9 Å². The van der Waals surface area contributed by atoms with Crippen molar-refractivity contribution >= 4 is 42.6 Å². The Morgan fingerprint density at radius 2 is 1.79 bits per heavy atom. The minimum atomic E-state index is -3.28. The second-order valence-electron chi connectivity index (χ2n) is 11.8. The molecule has 1 saturated heterocycles. The van der Waals surface area contributed by atoms with E-state index in [1.54, 1.807) is 28.9 Å². The minimum absolute atomic E-state index is 0.129. The van der Waals surface area contributed by atoms with Gasteiger partial charge in [-0.3, -0.25) is 9.48 Å². The van der Waals surface area contributed by atoms with Crippen LogP contribution in [0.4, 0.5) is 9.80 Å². The molecule has 0 bridgehead atoms. The summed E-state index contributed by atoms with van der Waals surface area (Å²) in [5.74, 6) is -0.485. The SMILES string of the molecule is C[C@H]1[C@H]([Si](C)(C)F)[C@@H](CCn2cc([C@H](O)c3ccccc3)nn2)O[C@]12C(=O)N(Cc1ccccc1)c1ccc(I)cc12. The topological polar surface area (TPSA) is 80.5 Å². The molecule has 0 aliphatic carbocycles. The molecule has 42 heavy (non-hydrogen) atoms. The molecule has 2 aliphatic heterocycles.